The van der Waals surface area contributed by atoms with E-state index in [4.69, 9.17) is 11.6 Å². The van der Waals surface area contributed by atoms with Crippen molar-refractivity contribution >= 4 is 33.7 Å². The van der Waals surface area contributed by atoms with Gasteiger partial charge in [0.25, 0.3) is 5.91 Å². The van der Waals surface area contributed by atoms with Gasteiger partial charge in [0.2, 0.25) is 10.0 Å². The lowest BCUT2D eigenvalue weighted by Crippen LogP contribution is -2.46. The Morgan fingerprint density at radius 1 is 1.17 bits per heavy atom. The molecule has 0 atom stereocenters. The molecule has 0 saturated heterocycles. The standard InChI is InChI=1S/C22H26ClN3O3S/c1-17-6-5-7-18(14-17)15-24-25-22(27)16-26(20-8-3-2-4-9-20)30(28,29)21-12-10-19(23)11-13-21/h5-7,10-15,20H,2-4,8-9,16H2,1H3,(H,25,27). The molecule has 3 rings (SSSR count). The lowest BCUT2D eigenvalue weighted by atomic mass is 9.95. The molecule has 160 valence electrons. The molecule has 1 amide bonds. The van der Waals surface area contributed by atoms with Gasteiger partial charge in [-0.3, -0.25) is 4.79 Å². The average molecular weight is 448 g/mol. The number of nitrogens with zero attached hydrogens (tertiary/aromatic N) is 2. The number of carbonyl (C=O) groups excluding carboxylic acids is 1. The Morgan fingerprint density at radius 2 is 1.87 bits per heavy atom. The maximum absolute atomic E-state index is 13.3. The van der Waals surface area contributed by atoms with E-state index < -0.39 is 15.9 Å². The quantitative estimate of drug-likeness (QED) is 0.512. The predicted molar refractivity (Wildman–Crippen MR) is 119 cm³/mol. The van der Waals surface area contributed by atoms with Gasteiger partial charge in [-0.25, -0.2) is 13.8 Å². The normalized spacial score (nSPS) is 15.6. The van der Waals surface area contributed by atoms with E-state index in [1.54, 1.807) is 18.3 Å². The van der Waals surface area contributed by atoms with Gasteiger partial charge in [-0.15, -0.1) is 0 Å². The van der Waals surface area contributed by atoms with Crippen molar-refractivity contribution in [2.75, 3.05) is 6.54 Å². The van der Waals surface area contributed by atoms with E-state index in [2.05, 4.69) is 10.5 Å². The summed E-state index contributed by atoms with van der Waals surface area (Å²) >= 11 is 5.90. The summed E-state index contributed by atoms with van der Waals surface area (Å²) in [6.07, 6.45) is 6.01. The van der Waals surface area contributed by atoms with E-state index in [9.17, 15) is 13.2 Å². The highest BCUT2D eigenvalue weighted by Gasteiger charge is 2.33. The van der Waals surface area contributed by atoms with Crippen LogP contribution in [-0.4, -0.2) is 37.4 Å². The van der Waals surface area contributed by atoms with E-state index in [1.807, 2.05) is 31.2 Å². The molecular formula is C22H26ClN3O3S. The molecule has 2 aromatic rings. The monoisotopic (exact) mass is 447 g/mol. The van der Waals surface area contributed by atoms with Crippen LogP contribution in [0.5, 0.6) is 0 Å². The number of aryl methyl sites for hydroxylation is 1. The number of nitrogens with one attached hydrogen (secondary N) is 1. The summed E-state index contributed by atoms with van der Waals surface area (Å²) in [5, 5.41) is 4.44. The van der Waals surface area contributed by atoms with Gasteiger partial charge in [0.15, 0.2) is 0 Å². The van der Waals surface area contributed by atoms with Crippen LogP contribution in [0.25, 0.3) is 0 Å². The van der Waals surface area contributed by atoms with Gasteiger partial charge in [-0.1, -0.05) is 60.7 Å². The van der Waals surface area contributed by atoms with Gasteiger partial charge in [0, 0.05) is 11.1 Å². The minimum atomic E-state index is -3.83. The maximum Gasteiger partial charge on any atom is 0.255 e. The van der Waals surface area contributed by atoms with Gasteiger partial charge < -0.3 is 0 Å². The summed E-state index contributed by atoms with van der Waals surface area (Å²) in [6.45, 7) is 1.69. The Morgan fingerprint density at radius 3 is 2.53 bits per heavy atom. The number of amides is 1. The second-order valence-electron chi connectivity index (χ2n) is 7.50. The van der Waals surface area contributed by atoms with Crippen LogP contribution < -0.4 is 5.43 Å². The number of hydrazone groups is 1. The highest BCUT2D eigenvalue weighted by Crippen LogP contribution is 2.28. The number of rotatable bonds is 7. The Labute approximate surface area is 183 Å². The zero-order chi connectivity index (χ0) is 21.6. The van der Waals surface area contributed by atoms with Crippen LogP contribution in [0, 0.1) is 6.92 Å². The van der Waals surface area contributed by atoms with Crippen molar-refractivity contribution in [3.8, 4) is 0 Å². The van der Waals surface area contributed by atoms with Gasteiger partial charge in [0.1, 0.15) is 0 Å². The molecule has 1 fully saturated rings. The first-order chi connectivity index (χ1) is 14.4. The molecule has 0 unspecified atom stereocenters. The molecule has 0 heterocycles. The van der Waals surface area contributed by atoms with Gasteiger partial charge >= 0.3 is 0 Å². The van der Waals surface area contributed by atoms with E-state index in [0.29, 0.717) is 5.02 Å². The van der Waals surface area contributed by atoms with Crippen molar-refractivity contribution in [3.05, 3.63) is 64.7 Å². The Balaban J connectivity index is 1.75. The first-order valence-corrected chi connectivity index (χ1v) is 11.8. The van der Waals surface area contributed by atoms with E-state index >= 15 is 0 Å². The summed E-state index contributed by atoms with van der Waals surface area (Å²) in [4.78, 5) is 12.7. The van der Waals surface area contributed by atoms with Crippen LogP contribution in [0.2, 0.25) is 5.02 Å². The zero-order valence-electron chi connectivity index (χ0n) is 16.9. The zero-order valence-corrected chi connectivity index (χ0v) is 18.5. The Kier molecular flexibility index (Phi) is 7.64. The third-order valence-corrected chi connectivity index (χ3v) is 7.31. The van der Waals surface area contributed by atoms with Gasteiger partial charge in [0.05, 0.1) is 17.7 Å². The molecule has 0 aliphatic heterocycles. The first-order valence-electron chi connectivity index (χ1n) is 10.0. The fourth-order valence-corrected chi connectivity index (χ4v) is 5.39. The number of halogens is 1. The van der Waals surface area contributed by atoms with Crippen molar-refractivity contribution < 1.29 is 13.2 Å². The van der Waals surface area contributed by atoms with E-state index in [1.165, 1.54) is 16.4 Å². The topological polar surface area (TPSA) is 78.8 Å². The highest BCUT2D eigenvalue weighted by atomic mass is 35.5. The maximum atomic E-state index is 13.3. The smallest absolute Gasteiger partial charge is 0.255 e. The molecule has 1 N–H and O–H groups in total. The predicted octanol–water partition coefficient (Wildman–Crippen LogP) is 4.12. The second-order valence-corrected chi connectivity index (χ2v) is 9.83. The van der Waals surface area contributed by atoms with Crippen LogP contribution in [0.15, 0.2) is 58.5 Å². The Bertz CT molecular complexity index is 1000. The van der Waals surface area contributed by atoms with Crippen molar-refractivity contribution in [1.29, 1.82) is 0 Å². The van der Waals surface area contributed by atoms with Gasteiger partial charge in [-0.05, 0) is 49.6 Å². The minimum Gasteiger partial charge on any atom is -0.272 e. The molecule has 6 nitrogen and oxygen atoms in total. The van der Waals surface area contributed by atoms with Crippen LogP contribution in [0.3, 0.4) is 0 Å². The summed E-state index contributed by atoms with van der Waals surface area (Å²) in [5.74, 6) is -0.470. The van der Waals surface area contributed by atoms with Crippen molar-refractivity contribution in [2.24, 2.45) is 5.10 Å². The van der Waals surface area contributed by atoms with Crippen LogP contribution in [0.4, 0.5) is 0 Å². The van der Waals surface area contributed by atoms with Gasteiger partial charge in [-0.2, -0.15) is 9.41 Å². The number of sulfonamides is 1. The SMILES string of the molecule is Cc1cccc(C=NNC(=O)CN(C2CCCCC2)S(=O)(=O)c2ccc(Cl)cc2)c1. The summed E-state index contributed by atoms with van der Waals surface area (Å²) in [6, 6.07) is 13.5. The lowest BCUT2D eigenvalue weighted by molar-refractivity contribution is -0.121. The molecule has 8 heteroatoms. The molecule has 30 heavy (non-hydrogen) atoms. The summed E-state index contributed by atoms with van der Waals surface area (Å²) in [7, 11) is -3.83. The molecular weight excluding hydrogens is 422 g/mol. The minimum absolute atomic E-state index is 0.133. The van der Waals surface area contributed by atoms with Crippen LogP contribution >= 0.6 is 11.6 Å². The highest BCUT2D eigenvalue weighted by molar-refractivity contribution is 7.89. The second kappa shape index (κ2) is 10.2. The summed E-state index contributed by atoms with van der Waals surface area (Å²) < 4.78 is 27.9. The van der Waals surface area contributed by atoms with E-state index in [-0.39, 0.29) is 17.5 Å². The van der Waals surface area contributed by atoms with Crippen molar-refractivity contribution in [2.45, 2.75) is 50.0 Å². The fraction of sp³-hybridized carbons (Fsp3) is 0.364. The van der Waals surface area contributed by atoms with Crippen LogP contribution in [-0.2, 0) is 14.8 Å². The summed E-state index contributed by atoms with van der Waals surface area (Å²) in [5.41, 5.74) is 4.40. The molecule has 1 aliphatic carbocycles. The first kappa shape index (κ1) is 22.5. The van der Waals surface area contributed by atoms with Crippen LogP contribution in [0.1, 0.15) is 43.2 Å². The number of carbonyl (C=O) groups is 1. The van der Waals surface area contributed by atoms with E-state index in [0.717, 1.165) is 43.2 Å². The molecule has 0 aromatic heterocycles. The molecule has 1 aliphatic rings. The molecule has 0 spiro atoms. The number of hydrogen-bond acceptors (Lipinski definition) is 4. The fourth-order valence-electron chi connectivity index (χ4n) is 3.63. The lowest BCUT2D eigenvalue weighted by Gasteiger charge is -2.32. The van der Waals surface area contributed by atoms with Crippen molar-refractivity contribution in [1.82, 2.24) is 9.73 Å². The molecule has 2 aromatic carbocycles. The number of benzene rings is 2. The average Bonchev–Trinajstić information content (AvgIpc) is 2.73. The number of hydrogen-bond donors (Lipinski definition) is 1. The third-order valence-electron chi connectivity index (χ3n) is 5.15. The Hall–Kier alpha value is -2.22. The molecule has 0 radical (unpaired) electrons. The molecule has 0 bridgehead atoms. The van der Waals surface area contributed by atoms with Crippen molar-refractivity contribution in [3.63, 3.8) is 0 Å². The molecule has 1 saturated carbocycles. The largest absolute Gasteiger partial charge is 0.272 e. The third kappa shape index (κ3) is 5.90.